The van der Waals surface area contributed by atoms with Crippen LogP contribution in [0.25, 0.3) is 0 Å². The molecule has 1 saturated carbocycles. The molecule has 0 N–H and O–H groups in total. The summed E-state index contributed by atoms with van der Waals surface area (Å²) in [5.41, 5.74) is 0. The van der Waals surface area contributed by atoms with Crippen molar-refractivity contribution < 1.29 is 9.53 Å². The van der Waals surface area contributed by atoms with Crippen LogP contribution in [0.3, 0.4) is 0 Å². The van der Waals surface area contributed by atoms with Gasteiger partial charge in [0.25, 0.3) is 0 Å². The molecule has 2 aliphatic heterocycles. The summed E-state index contributed by atoms with van der Waals surface area (Å²) in [6, 6.07) is 0.447. The molecular formula is C17H31N3O2. The maximum atomic E-state index is 12.8. The fourth-order valence-corrected chi connectivity index (χ4v) is 3.82. The molecule has 0 bridgehead atoms. The number of nitrogens with zero attached hydrogens (tertiary/aromatic N) is 3. The summed E-state index contributed by atoms with van der Waals surface area (Å²) in [7, 11) is 2.17. The summed E-state index contributed by atoms with van der Waals surface area (Å²) in [6.45, 7) is 8.02. The van der Waals surface area contributed by atoms with Gasteiger partial charge < -0.3 is 14.5 Å². The van der Waals surface area contributed by atoms with E-state index >= 15 is 0 Å². The largest absolute Gasteiger partial charge is 0.379 e. The van der Waals surface area contributed by atoms with E-state index in [-0.39, 0.29) is 0 Å². The number of carbonyl (C=O) groups excluding carboxylic acids is 1. The summed E-state index contributed by atoms with van der Waals surface area (Å²) < 4.78 is 5.40. The van der Waals surface area contributed by atoms with E-state index in [1.807, 2.05) is 0 Å². The van der Waals surface area contributed by atoms with Gasteiger partial charge >= 0.3 is 0 Å². The molecule has 22 heavy (non-hydrogen) atoms. The van der Waals surface area contributed by atoms with Gasteiger partial charge in [-0.25, -0.2) is 0 Å². The monoisotopic (exact) mass is 309 g/mol. The minimum Gasteiger partial charge on any atom is -0.379 e. The molecule has 5 nitrogen and oxygen atoms in total. The smallest absolute Gasteiger partial charge is 0.225 e. The van der Waals surface area contributed by atoms with Gasteiger partial charge in [0.05, 0.1) is 13.2 Å². The van der Waals surface area contributed by atoms with Crippen LogP contribution < -0.4 is 0 Å². The number of ether oxygens (including phenoxy) is 1. The Balaban J connectivity index is 1.50. The molecule has 1 unspecified atom stereocenters. The minimum absolute atomic E-state index is 0.328. The number of amides is 1. The third-order valence-electron chi connectivity index (χ3n) is 5.52. The van der Waals surface area contributed by atoms with Gasteiger partial charge in [-0.1, -0.05) is 6.42 Å². The second kappa shape index (κ2) is 7.75. The van der Waals surface area contributed by atoms with Gasteiger partial charge in [-0.05, 0) is 39.3 Å². The second-order valence-electron chi connectivity index (χ2n) is 7.17. The van der Waals surface area contributed by atoms with Crippen molar-refractivity contribution in [1.29, 1.82) is 0 Å². The Hall–Kier alpha value is -0.650. The first kappa shape index (κ1) is 16.2. The lowest BCUT2D eigenvalue weighted by Gasteiger charge is -2.36. The Labute approximate surface area is 134 Å². The topological polar surface area (TPSA) is 36.0 Å². The Morgan fingerprint density at radius 3 is 2.55 bits per heavy atom. The van der Waals surface area contributed by atoms with Crippen molar-refractivity contribution in [2.24, 2.45) is 5.92 Å². The highest BCUT2D eigenvalue weighted by atomic mass is 16.5. The first-order valence-corrected chi connectivity index (χ1v) is 9.03. The Bertz CT molecular complexity index is 367. The van der Waals surface area contributed by atoms with Gasteiger partial charge in [-0.2, -0.15) is 0 Å². The van der Waals surface area contributed by atoms with Gasteiger partial charge in [0, 0.05) is 44.7 Å². The van der Waals surface area contributed by atoms with Crippen molar-refractivity contribution >= 4 is 5.91 Å². The Morgan fingerprint density at radius 1 is 1.18 bits per heavy atom. The van der Waals surface area contributed by atoms with Crippen LogP contribution in [0, 0.1) is 5.92 Å². The molecule has 2 saturated heterocycles. The van der Waals surface area contributed by atoms with Crippen molar-refractivity contribution in [2.45, 2.75) is 38.1 Å². The zero-order valence-electron chi connectivity index (χ0n) is 14.0. The van der Waals surface area contributed by atoms with Crippen LogP contribution in [0.1, 0.15) is 32.1 Å². The molecule has 0 aromatic rings. The van der Waals surface area contributed by atoms with E-state index in [2.05, 4.69) is 21.7 Å². The third-order valence-corrected chi connectivity index (χ3v) is 5.52. The van der Waals surface area contributed by atoms with Gasteiger partial charge in [-0.3, -0.25) is 9.69 Å². The standard InChI is InChI=1S/C17H31N3O2/c1-18-9-6-16(14-18)20(17(21)15-4-2-5-15)8-3-7-19-10-12-22-13-11-19/h15-16H,2-14H2,1H3. The van der Waals surface area contributed by atoms with Crippen molar-refractivity contribution in [3.8, 4) is 0 Å². The lowest BCUT2D eigenvalue weighted by molar-refractivity contribution is -0.140. The van der Waals surface area contributed by atoms with E-state index in [0.29, 0.717) is 17.9 Å². The SMILES string of the molecule is CN1CCC(N(CCCN2CCOCC2)C(=O)C2CCC2)C1. The van der Waals surface area contributed by atoms with E-state index < -0.39 is 0 Å². The lowest BCUT2D eigenvalue weighted by atomic mass is 9.84. The molecule has 126 valence electrons. The van der Waals surface area contributed by atoms with Crippen LogP contribution in [0.2, 0.25) is 0 Å². The number of hydrogen-bond donors (Lipinski definition) is 0. The first-order chi connectivity index (χ1) is 10.7. The van der Waals surface area contributed by atoms with Crippen LogP contribution in [0.5, 0.6) is 0 Å². The van der Waals surface area contributed by atoms with Crippen molar-refractivity contribution in [2.75, 3.05) is 59.5 Å². The first-order valence-electron chi connectivity index (χ1n) is 9.03. The molecule has 2 heterocycles. The van der Waals surface area contributed by atoms with E-state index in [1.54, 1.807) is 0 Å². The number of carbonyl (C=O) groups is 1. The molecule has 0 aromatic carbocycles. The van der Waals surface area contributed by atoms with Gasteiger partial charge in [0.1, 0.15) is 0 Å². The average molecular weight is 309 g/mol. The zero-order valence-corrected chi connectivity index (χ0v) is 14.0. The molecule has 1 aliphatic carbocycles. The lowest BCUT2D eigenvalue weighted by Crippen LogP contribution is -2.47. The highest BCUT2D eigenvalue weighted by Crippen LogP contribution is 2.30. The molecule has 1 amide bonds. The Morgan fingerprint density at radius 2 is 1.95 bits per heavy atom. The summed E-state index contributed by atoms with van der Waals surface area (Å²) >= 11 is 0. The van der Waals surface area contributed by atoms with E-state index in [9.17, 15) is 4.79 Å². The molecular weight excluding hydrogens is 278 g/mol. The zero-order chi connectivity index (χ0) is 15.4. The molecule has 3 aliphatic rings. The average Bonchev–Trinajstić information content (AvgIpc) is 2.89. The van der Waals surface area contributed by atoms with Crippen molar-refractivity contribution in [3.05, 3.63) is 0 Å². The van der Waals surface area contributed by atoms with Crippen LogP contribution in [-0.2, 0) is 9.53 Å². The quantitative estimate of drug-likeness (QED) is 0.734. The Kier molecular flexibility index (Phi) is 5.71. The van der Waals surface area contributed by atoms with Gasteiger partial charge in [0.15, 0.2) is 0 Å². The fourth-order valence-electron chi connectivity index (χ4n) is 3.82. The predicted octanol–water partition coefficient (Wildman–Crippen LogP) is 1.04. The second-order valence-corrected chi connectivity index (χ2v) is 7.17. The number of morpholine rings is 1. The van der Waals surface area contributed by atoms with Gasteiger partial charge in [0.2, 0.25) is 5.91 Å². The molecule has 0 radical (unpaired) electrons. The number of rotatable bonds is 6. The van der Waals surface area contributed by atoms with Crippen LogP contribution in [0.15, 0.2) is 0 Å². The summed E-state index contributed by atoms with van der Waals surface area (Å²) in [6.07, 6.45) is 5.70. The van der Waals surface area contributed by atoms with E-state index in [4.69, 9.17) is 4.74 Å². The molecule has 5 heteroatoms. The normalized spacial score (nSPS) is 27.8. The molecule has 3 rings (SSSR count). The van der Waals surface area contributed by atoms with E-state index in [0.717, 1.165) is 78.2 Å². The van der Waals surface area contributed by atoms with Crippen LogP contribution in [-0.4, -0.2) is 86.2 Å². The molecule has 1 atom stereocenters. The minimum atomic E-state index is 0.328. The fraction of sp³-hybridized carbons (Fsp3) is 0.941. The maximum Gasteiger partial charge on any atom is 0.225 e. The third kappa shape index (κ3) is 4.00. The molecule has 0 spiro atoms. The van der Waals surface area contributed by atoms with Crippen molar-refractivity contribution in [1.82, 2.24) is 14.7 Å². The van der Waals surface area contributed by atoms with Crippen LogP contribution >= 0.6 is 0 Å². The predicted molar refractivity (Wildman–Crippen MR) is 86.8 cm³/mol. The highest BCUT2D eigenvalue weighted by Gasteiger charge is 2.35. The van der Waals surface area contributed by atoms with Crippen LogP contribution in [0.4, 0.5) is 0 Å². The molecule has 3 fully saturated rings. The summed E-state index contributed by atoms with van der Waals surface area (Å²) in [5, 5.41) is 0. The maximum absolute atomic E-state index is 12.8. The highest BCUT2D eigenvalue weighted by molar-refractivity contribution is 5.80. The van der Waals surface area contributed by atoms with E-state index in [1.165, 1.54) is 6.42 Å². The van der Waals surface area contributed by atoms with Gasteiger partial charge in [-0.15, -0.1) is 0 Å². The summed E-state index contributed by atoms with van der Waals surface area (Å²) in [4.78, 5) is 19.8. The molecule has 0 aromatic heterocycles. The number of likely N-dealkylation sites (N-methyl/N-ethyl adjacent to an activating group) is 1. The number of hydrogen-bond acceptors (Lipinski definition) is 4. The number of likely N-dealkylation sites (tertiary alicyclic amines) is 1. The van der Waals surface area contributed by atoms with Crippen molar-refractivity contribution in [3.63, 3.8) is 0 Å². The summed E-state index contributed by atoms with van der Waals surface area (Å²) in [5.74, 6) is 0.767.